The topological polar surface area (TPSA) is 31.4 Å². The summed E-state index contributed by atoms with van der Waals surface area (Å²) in [5.41, 5.74) is 3.64. The lowest BCUT2D eigenvalue weighted by atomic mass is 9.86. The molecule has 3 rings (SSSR count). The smallest absolute Gasteiger partial charge is 0.119 e. The van der Waals surface area contributed by atoms with Gasteiger partial charge in [-0.05, 0) is 41.2 Å². The summed E-state index contributed by atoms with van der Waals surface area (Å²) in [5.74, 6) is 0.876. The molecule has 3 nitrogen and oxygen atoms in total. The Morgan fingerprint density at radius 2 is 1.52 bits per heavy atom. The van der Waals surface area contributed by atoms with Crippen LogP contribution in [0.3, 0.4) is 0 Å². The summed E-state index contributed by atoms with van der Waals surface area (Å²) in [7, 11) is 0. The molecule has 0 aliphatic heterocycles. The molecule has 0 radical (unpaired) electrons. The second-order valence-electron chi connectivity index (χ2n) is 7.61. The molecule has 0 saturated heterocycles. The molecule has 0 aliphatic rings. The summed E-state index contributed by atoms with van der Waals surface area (Å²) in [5, 5.41) is 0. The van der Waals surface area contributed by atoms with Crippen molar-refractivity contribution in [2.24, 2.45) is 5.41 Å². The van der Waals surface area contributed by atoms with Gasteiger partial charge in [0.05, 0.1) is 13.2 Å². The Bertz CT molecular complexity index is 799. The van der Waals surface area contributed by atoms with Gasteiger partial charge in [0.2, 0.25) is 0 Å². The van der Waals surface area contributed by atoms with Gasteiger partial charge in [0.15, 0.2) is 0 Å². The monoisotopic (exact) mass is 361 g/mol. The second-order valence-corrected chi connectivity index (χ2v) is 7.61. The maximum Gasteiger partial charge on any atom is 0.119 e. The number of hydrogen-bond acceptors (Lipinski definition) is 3. The third-order valence-electron chi connectivity index (χ3n) is 4.34. The molecular weight excluding hydrogens is 334 g/mol. The van der Waals surface area contributed by atoms with Gasteiger partial charge in [-0.2, -0.15) is 0 Å². The molecular formula is C24H27NO2. The van der Waals surface area contributed by atoms with Crippen LogP contribution in [-0.2, 0) is 24.4 Å². The Hall–Kier alpha value is -2.65. The minimum absolute atomic E-state index is 0.0763. The number of pyridine rings is 1. The van der Waals surface area contributed by atoms with Crippen LogP contribution in [0.15, 0.2) is 79.1 Å². The minimum atomic E-state index is 0.0763. The molecule has 1 aromatic heterocycles. The predicted octanol–water partition coefficient (Wildman–Crippen LogP) is 5.45. The first-order valence-electron chi connectivity index (χ1n) is 9.33. The van der Waals surface area contributed by atoms with Crippen LogP contribution in [0.4, 0.5) is 0 Å². The first-order chi connectivity index (χ1) is 13.1. The highest BCUT2D eigenvalue weighted by atomic mass is 16.5. The maximum atomic E-state index is 5.94. The summed E-state index contributed by atoms with van der Waals surface area (Å²) >= 11 is 0. The third kappa shape index (κ3) is 6.54. The molecule has 2 aromatic carbocycles. The van der Waals surface area contributed by atoms with Crippen molar-refractivity contribution in [2.75, 3.05) is 6.61 Å². The zero-order valence-electron chi connectivity index (χ0n) is 16.1. The van der Waals surface area contributed by atoms with E-state index in [0.717, 1.165) is 24.3 Å². The number of aromatic nitrogens is 1. The first-order valence-corrected chi connectivity index (χ1v) is 9.33. The van der Waals surface area contributed by atoms with Gasteiger partial charge in [-0.3, -0.25) is 4.98 Å². The van der Waals surface area contributed by atoms with Crippen LogP contribution < -0.4 is 4.74 Å². The normalized spacial score (nSPS) is 11.3. The van der Waals surface area contributed by atoms with E-state index in [1.165, 1.54) is 11.1 Å². The lowest BCUT2D eigenvalue weighted by molar-refractivity contribution is 0.0514. The zero-order chi connectivity index (χ0) is 19.0. The highest BCUT2D eigenvalue weighted by Gasteiger charge is 2.19. The quantitative estimate of drug-likeness (QED) is 0.508. The van der Waals surface area contributed by atoms with Gasteiger partial charge in [-0.15, -0.1) is 0 Å². The van der Waals surface area contributed by atoms with Crippen LogP contribution in [0.5, 0.6) is 5.75 Å². The largest absolute Gasteiger partial charge is 0.489 e. The van der Waals surface area contributed by atoms with Gasteiger partial charge >= 0.3 is 0 Å². The van der Waals surface area contributed by atoms with E-state index in [9.17, 15) is 0 Å². The molecule has 0 unspecified atom stereocenters. The van der Waals surface area contributed by atoms with Crippen LogP contribution >= 0.6 is 0 Å². The van der Waals surface area contributed by atoms with E-state index in [4.69, 9.17) is 9.47 Å². The number of benzene rings is 2. The Balaban J connectivity index is 1.46. The fourth-order valence-corrected chi connectivity index (χ4v) is 2.98. The molecule has 0 N–H and O–H groups in total. The molecule has 0 amide bonds. The van der Waals surface area contributed by atoms with Crippen molar-refractivity contribution >= 4 is 0 Å². The molecule has 27 heavy (non-hydrogen) atoms. The second kappa shape index (κ2) is 9.33. The van der Waals surface area contributed by atoms with Crippen LogP contribution in [0.2, 0.25) is 0 Å². The minimum Gasteiger partial charge on any atom is -0.489 e. The molecule has 0 spiro atoms. The van der Waals surface area contributed by atoms with Crippen molar-refractivity contribution in [3.05, 3.63) is 95.8 Å². The van der Waals surface area contributed by atoms with Crippen molar-refractivity contribution < 1.29 is 9.47 Å². The van der Waals surface area contributed by atoms with Crippen LogP contribution in [0.1, 0.15) is 30.5 Å². The predicted molar refractivity (Wildman–Crippen MR) is 109 cm³/mol. The Morgan fingerprint density at radius 3 is 2.22 bits per heavy atom. The summed E-state index contributed by atoms with van der Waals surface area (Å²) in [6, 6.07) is 22.6. The van der Waals surface area contributed by atoms with Crippen molar-refractivity contribution in [3.8, 4) is 5.75 Å². The van der Waals surface area contributed by atoms with E-state index >= 15 is 0 Å². The van der Waals surface area contributed by atoms with Gasteiger partial charge in [-0.25, -0.2) is 0 Å². The summed E-state index contributed by atoms with van der Waals surface area (Å²) in [6.07, 6.45) is 4.56. The number of ether oxygens (including phenoxy) is 2. The highest BCUT2D eigenvalue weighted by Crippen LogP contribution is 2.24. The van der Waals surface area contributed by atoms with Gasteiger partial charge in [0, 0.05) is 18.0 Å². The lowest BCUT2D eigenvalue weighted by Crippen LogP contribution is -2.22. The third-order valence-corrected chi connectivity index (χ3v) is 4.34. The molecule has 140 valence electrons. The summed E-state index contributed by atoms with van der Waals surface area (Å²) in [6.45, 7) is 6.40. The van der Waals surface area contributed by atoms with Crippen LogP contribution in [-0.4, -0.2) is 11.6 Å². The summed E-state index contributed by atoms with van der Waals surface area (Å²) in [4.78, 5) is 4.10. The van der Waals surface area contributed by atoms with E-state index in [2.05, 4.69) is 43.1 Å². The van der Waals surface area contributed by atoms with Crippen molar-refractivity contribution in [3.63, 3.8) is 0 Å². The molecule has 3 heteroatoms. The van der Waals surface area contributed by atoms with Crippen LogP contribution in [0, 0.1) is 5.41 Å². The number of nitrogens with zero attached hydrogens (tertiary/aromatic N) is 1. The van der Waals surface area contributed by atoms with Crippen LogP contribution in [0.25, 0.3) is 0 Å². The molecule has 0 atom stereocenters. The number of rotatable bonds is 9. The Kier molecular flexibility index (Phi) is 6.61. The Labute approximate surface area is 162 Å². The Morgan fingerprint density at radius 1 is 0.778 bits per heavy atom. The van der Waals surface area contributed by atoms with E-state index in [1.54, 1.807) is 6.20 Å². The maximum absolute atomic E-state index is 5.94. The van der Waals surface area contributed by atoms with Crippen molar-refractivity contribution in [1.29, 1.82) is 0 Å². The van der Waals surface area contributed by atoms with Gasteiger partial charge in [-0.1, -0.05) is 62.4 Å². The first kappa shape index (κ1) is 19.1. The zero-order valence-corrected chi connectivity index (χ0v) is 16.1. The number of hydrogen-bond donors (Lipinski definition) is 0. The van der Waals surface area contributed by atoms with E-state index in [0.29, 0.717) is 13.2 Å². The van der Waals surface area contributed by atoms with Crippen molar-refractivity contribution in [2.45, 2.75) is 33.5 Å². The van der Waals surface area contributed by atoms with E-state index in [-0.39, 0.29) is 5.41 Å². The average Bonchev–Trinajstić information content (AvgIpc) is 2.69. The van der Waals surface area contributed by atoms with E-state index in [1.807, 2.05) is 48.7 Å². The molecule has 0 fully saturated rings. The van der Waals surface area contributed by atoms with E-state index < -0.39 is 0 Å². The SMILES string of the molecule is CC(C)(COCc1ccccc1)Cc1ccc(OCc2cccnc2)cc1. The van der Waals surface area contributed by atoms with Gasteiger partial charge in [0.1, 0.15) is 12.4 Å². The lowest BCUT2D eigenvalue weighted by Gasteiger charge is -2.24. The average molecular weight is 361 g/mol. The molecule has 0 saturated carbocycles. The fourth-order valence-electron chi connectivity index (χ4n) is 2.98. The standard InChI is InChI=1S/C24H27NO2/c1-24(2,19-26-17-21-7-4-3-5-8-21)15-20-10-12-23(13-11-20)27-18-22-9-6-14-25-16-22/h3-14,16H,15,17-19H2,1-2H3. The molecule has 0 bridgehead atoms. The molecule has 3 aromatic rings. The molecule has 1 heterocycles. The highest BCUT2D eigenvalue weighted by molar-refractivity contribution is 5.28. The molecule has 0 aliphatic carbocycles. The van der Waals surface area contributed by atoms with Gasteiger partial charge < -0.3 is 9.47 Å². The summed E-state index contributed by atoms with van der Waals surface area (Å²) < 4.78 is 11.8. The van der Waals surface area contributed by atoms with Crippen molar-refractivity contribution in [1.82, 2.24) is 4.98 Å². The fraction of sp³-hybridized carbons (Fsp3) is 0.292. The van der Waals surface area contributed by atoms with Gasteiger partial charge in [0.25, 0.3) is 0 Å².